The number of halogens is 3. The molecule has 22 heavy (non-hydrogen) atoms. The molecule has 1 aliphatic rings. The van der Waals surface area contributed by atoms with Crippen LogP contribution in [0.2, 0.25) is 0 Å². The van der Waals surface area contributed by atoms with Crippen molar-refractivity contribution in [3.8, 4) is 0 Å². The molecular weight excluding hydrogens is 291 g/mol. The Balaban J connectivity index is 2.06. The van der Waals surface area contributed by atoms with Gasteiger partial charge in [0.05, 0.1) is 11.7 Å². The summed E-state index contributed by atoms with van der Waals surface area (Å²) in [6.45, 7) is 6.88. The lowest BCUT2D eigenvalue weighted by molar-refractivity contribution is -0.137. The number of benzene rings is 1. The van der Waals surface area contributed by atoms with Gasteiger partial charge in [-0.25, -0.2) is 0 Å². The molecule has 1 aromatic carbocycles. The van der Waals surface area contributed by atoms with Gasteiger partial charge in [0, 0.05) is 12.2 Å². The summed E-state index contributed by atoms with van der Waals surface area (Å²) < 4.78 is 38.2. The Labute approximate surface area is 129 Å². The summed E-state index contributed by atoms with van der Waals surface area (Å²) >= 11 is 0. The molecule has 2 N–H and O–H groups in total. The molecule has 1 aliphatic carbocycles. The van der Waals surface area contributed by atoms with E-state index in [9.17, 15) is 18.3 Å². The van der Waals surface area contributed by atoms with Gasteiger partial charge in [0.25, 0.3) is 0 Å². The quantitative estimate of drug-likeness (QED) is 0.848. The highest BCUT2D eigenvalue weighted by Crippen LogP contribution is 2.46. The van der Waals surface area contributed by atoms with Gasteiger partial charge in [-0.3, -0.25) is 0 Å². The first-order valence-corrected chi connectivity index (χ1v) is 7.58. The van der Waals surface area contributed by atoms with Crippen LogP contribution >= 0.6 is 0 Å². The van der Waals surface area contributed by atoms with E-state index >= 15 is 0 Å². The van der Waals surface area contributed by atoms with Crippen molar-refractivity contribution >= 4 is 5.69 Å². The van der Waals surface area contributed by atoms with Crippen LogP contribution in [0.5, 0.6) is 0 Å². The predicted molar refractivity (Wildman–Crippen MR) is 81.7 cm³/mol. The average molecular weight is 315 g/mol. The Morgan fingerprint density at radius 2 is 1.91 bits per heavy atom. The molecule has 0 bridgehead atoms. The number of hydrogen-bond donors (Lipinski definition) is 2. The van der Waals surface area contributed by atoms with Crippen LogP contribution in [0.15, 0.2) is 24.3 Å². The van der Waals surface area contributed by atoms with Gasteiger partial charge in [-0.2, -0.15) is 13.2 Å². The van der Waals surface area contributed by atoms with Crippen LogP contribution < -0.4 is 5.32 Å². The number of aliphatic hydroxyl groups is 1. The van der Waals surface area contributed by atoms with Crippen molar-refractivity contribution in [2.75, 3.05) is 11.9 Å². The van der Waals surface area contributed by atoms with Crippen molar-refractivity contribution in [2.45, 2.75) is 52.3 Å². The summed E-state index contributed by atoms with van der Waals surface area (Å²) in [5.41, 5.74) is -0.266. The Bertz CT molecular complexity index is 527. The third-order valence-electron chi connectivity index (χ3n) is 4.33. The second-order valence-corrected chi connectivity index (χ2v) is 7.65. The molecule has 1 saturated carbocycles. The molecule has 1 fully saturated rings. The van der Waals surface area contributed by atoms with Crippen LogP contribution in [0.4, 0.5) is 18.9 Å². The third kappa shape index (κ3) is 4.38. The lowest BCUT2D eigenvalue weighted by atomic mass is 9.63. The van der Waals surface area contributed by atoms with E-state index in [0.717, 1.165) is 25.0 Å². The Morgan fingerprint density at radius 3 is 2.50 bits per heavy atom. The Hall–Kier alpha value is -1.23. The minimum atomic E-state index is -4.33. The predicted octanol–water partition coefficient (Wildman–Crippen LogP) is 4.69. The van der Waals surface area contributed by atoms with E-state index in [2.05, 4.69) is 26.1 Å². The minimum absolute atomic E-state index is 0.0436. The van der Waals surface area contributed by atoms with Crippen molar-refractivity contribution in [2.24, 2.45) is 10.8 Å². The Morgan fingerprint density at radius 1 is 1.23 bits per heavy atom. The number of anilines is 1. The van der Waals surface area contributed by atoms with E-state index in [1.807, 2.05) is 0 Å². The minimum Gasteiger partial charge on any atom is -0.393 e. The van der Waals surface area contributed by atoms with E-state index in [1.165, 1.54) is 6.07 Å². The van der Waals surface area contributed by atoms with Gasteiger partial charge in [-0.1, -0.05) is 26.8 Å². The zero-order valence-electron chi connectivity index (χ0n) is 13.3. The second-order valence-electron chi connectivity index (χ2n) is 7.65. The first-order valence-electron chi connectivity index (χ1n) is 7.58. The van der Waals surface area contributed by atoms with Crippen molar-refractivity contribution in [1.82, 2.24) is 0 Å². The van der Waals surface area contributed by atoms with Gasteiger partial charge in [0.15, 0.2) is 0 Å². The van der Waals surface area contributed by atoms with E-state index in [-0.39, 0.29) is 16.9 Å². The molecule has 2 nitrogen and oxygen atoms in total. The van der Waals surface area contributed by atoms with E-state index < -0.39 is 11.7 Å². The maximum atomic E-state index is 12.7. The molecular formula is C17H24F3NO. The fourth-order valence-corrected chi connectivity index (χ4v) is 3.83. The maximum absolute atomic E-state index is 12.7. The van der Waals surface area contributed by atoms with Crippen molar-refractivity contribution in [3.63, 3.8) is 0 Å². The number of nitrogens with one attached hydrogen (secondary N) is 1. The second kappa shape index (κ2) is 5.76. The SMILES string of the molecule is CC1(C)C[C@H](O)C[C@](C)(CNc2cccc(C(F)(F)F)c2)C1. The first kappa shape index (κ1) is 17.1. The van der Waals surface area contributed by atoms with Gasteiger partial charge < -0.3 is 10.4 Å². The van der Waals surface area contributed by atoms with Gasteiger partial charge in [0.1, 0.15) is 0 Å². The lowest BCUT2D eigenvalue weighted by Gasteiger charge is -2.45. The van der Waals surface area contributed by atoms with Gasteiger partial charge in [0.2, 0.25) is 0 Å². The molecule has 124 valence electrons. The molecule has 2 rings (SSSR count). The molecule has 2 atom stereocenters. The van der Waals surface area contributed by atoms with Crippen LogP contribution in [0.3, 0.4) is 0 Å². The van der Waals surface area contributed by atoms with E-state index in [1.54, 1.807) is 6.07 Å². The molecule has 0 heterocycles. The number of alkyl halides is 3. The fourth-order valence-electron chi connectivity index (χ4n) is 3.83. The fraction of sp³-hybridized carbons (Fsp3) is 0.647. The normalized spacial score (nSPS) is 28.4. The van der Waals surface area contributed by atoms with Gasteiger partial charge in [-0.15, -0.1) is 0 Å². The highest BCUT2D eigenvalue weighted by Gasteiger charge is 2.40. The van der Waals surface area contributed by atoms with Crippen molar-refractivity contribution in [1.29, 1.82) is 0 Å². The van der Waals surface area contributed by atoms with Crippen LogP contribution in [-0.4, -0.2) is 17.8 Å². The van der Waals surface area contributed by atoms with Crippen LogP contribution in [-0.2, 0) is 6.18 Å². The number of rotatable bonds is 3. The van der Waals surface area contributed by atoms with Crippen LogP contribution in [0, 0.1) is 10.8 Å². The van der Waals surface area contributed by atoms with E-state index in [0.29, 0.717) is 18.7 Å². The molecule has 0 aliphatic heterocycles. The monoisotopic (exact) mass is 315 g/mol. The van der Waals surface area contributed by atoms with Gasteiger partial charge in [-0.05, 0) is 48.3 Å². The first-order chi connectivity index (χ1) is 9.99. The molecule has 5 heteroatoms. The van der Waals surface area contributed by atoms with Crippen molar-refractivity contribution < 1.29 is 18.3 Å². The summed E-state index contributed by atoms with van der Waals surface area (Å²) in [6.07, 6.45) is -2.31. The van der Waals surface area contributed by atoms with Crippen LogP contribution in [0.1, 0.15) is 45.6 Å². The zero-order chi connectivity index (χ0) is 16.6. The summed E-state index contributed by atoms with van der Waals surface area (Å²) in [5, 5.41) is 13.2. The van der Waals surface area contributed by atoms with E-state index in [4.69, 9.17) is 0 Å². The molecule has 0 unspecified atom stereocenters. The van der Waals surface area contributed by atoms with Crippen LogP contribution in [0.25, 0.3) is 0 Å². The maximum Gasteiger partial charge on any atom is 0.416 e. The summed E-state index contributed by atoms with van der Waals surface area (Å²) in [7, 11) is 0. The molecule has 0 saturated heterocycles. The number of hydrogen-bond acceptors (Lipinski definition) is 2. The largest absolute Gasteiger partial charge is 0.416 e. The summed E-state index contributed by atoms with van der Waals surface area (Å²) in [6, 6.07) is 5.25. The molecule has 0 aromatic heterocycles. The standard InChI is InChI=1S/C17H24F3NO/c1-15(2)8-14(22)9-16(3,10-15)11-21-13-6-4-5-12(7-13)17(18,19)20/h4-7,14,21-22H,8-11H2,1-3H3/t14-,16-/m0/s1. The third-order valence-corrected chi connectivity index (χ3v) is 4.33. The highest BCUT2D eigenvalue weighted by atomic mass is 19.4. The molecule has 0 radical (unpaired) electrons. The molecule has 0 amide bonds. The molecule has 1 aromatic rings. The van der Waals surface area contributed by atoms with Crippen molar-refractivity contribution in [3.05, 3.63) is 29.8 Å². The smallest absolute Gasteiger partial charge is 0.393 e. The van der Waals surface area contributed by atoms with Gasteiger partial charge >= 0.3 is 6.18 Å². The topological polar surface area (TPSA) is 32.3 Å². The molecule has 0 spiro atoms. The summed E-state index contributed by atoms with van der Waals surface area (Å²) in [5.74, 6) is 0. The highest BCUT2D eigenvalue weighted by molar-refractivity contribution is 5.46. The zero-order valence-corrected chi connectivity index (χ0v) is 13.3. The number of aliphatic hydroxyl groups excluding tert-OH is 1. The summed E-state index contributed by atoms with van der Waals surface area (Å²) in [4.78, 5) is 0. The average Bonchev–Trinajstić information content (AvgIpc) is 2.33. The Kier molecular flexibility index (Phi) is 4.49. The lowest BCUT2D eigenvalue weighted by Crippen LogP contribution is -2.42.